The van der Waals surface area contributed by atoms with Gasteiger partial charge in [0.25, 0.3) is 0 Å². The second-order valence-corrected chi connectivity index (χ2v) is 7.90. The minimum Gasteiger partial charge on any atom is -0.465 e. The van der Waals surface area contributed by atoms with Crippen LogP contribution in [0.1, 0.15) is 30.7 Å². The van der Waals surface area contributed by atoms with Crippen molar-refractivity contribution < 1.29 is 9.53 Å². The number of aryl methyl sites for hydroxylation is 1. The van der Waals surface area contributed by atoms with Crippen molar-refractivity contribution in [1.29, 1.82) is 0 Å². The average Bonchev–Trinajstić information content (AvgIpc) is 3.12. The van der Waals surface area contributed by atoms with Crippen molar-refractivity contribution >= 4 is 39.4 Å². The highest BCUT2D eigenvalue weighted by Crippen LogP contribution is 2.32. The molecule has 0 atom stereocenters. The summed E-state index contributed by atoms with van der Waals surface area (Å²) in [5, 5.41) is 0.679. The summed E-state index contributed by atoms with van der Waals surface area (Å²) in [7, 11) is 0. The lowest BCUT2D eigenvalue weighted by atomic mass is 10.2. The van der Waals surface area contributed by atoms with Crippen molar-refractivity contribution in [3.05, 3.63) is 32.8 Å². The first-order chi connectivity index (χ1) is 11.5. The van der Waals surface area contributed by atoms with E-state index in [2.05, 4.69) is 11.6 Å². The van der Waals surface area contributed by atoms with E-state index in [4.69, 9.17) is 4.74 Å². The van der Waals surface area contributed by atoms with Crippen molar-refractivity contribution in [2.24, 2.45) is 0 Å². The molecule has 0 spiro atoms. The fourth-order valence-corrected chi connectivity index (χ4v) is 4.99. The number of ether oxygens (including phenoxy) is 1. The van der Waals surface area contributed by atoms with E-state index in [0.29, 0.717) is 23.8 Å². The molecule has 1 aliphatic carbocycles. The van der Waals surface area contributed by atoms with Gasteiger partial charge in [-0.25, -0.2) is 4.98 Å². The molecular formula is C17H20N2O3S2. The highest BCUT2D eigenvalue weighted by Gasteiger charge is 2.23. The molecule has 0 aromatic carbocycles. The number of rotatable bonds is 6. The largest absolute Gasteiger partial charge is 0.465 e. The Hall–Kier alpha value is -1.60. The number of carbonyl (C=O) groups excluding carboxylic acids is 1. The van der Waals surface area contributed by atoms with E-state index in [-0.39, 0.29) is 17.2 Å². The van der Waals surface area contributed by atoms with Crippen molar-refractivity contribution in [2.75, 3.05) is 12.4 Å². The molecule has 128 valence electrons. The van der Waals surface area contributed by atoms with Gasteiger partial charge in [0, 0.05) is 17.0 Å². The number of allylic oxidation sites excluding steroid dienone is 1. The SMILES string of the molecule is C=C(C)Cn1c(SCC(=O)OCC)nc2c(=O)c3c(sc21)CCC3. The van der Waals surface area contributed by atoms with Gasteiger partial charge in [0.15, 0.2) is 5.16 Å². The van der Waals surface area contributed by atoms with Crippen molar-refractivity contribution in [2.45, 2.75) is 44.8 Å². The molecule has 0 fully saturated rings. The maximum Gasteiger partial charge on any atom is 0.316 e. The predicted octanol–water partition coefficient (Wildman–Crippen LogP) is 3.18. The summed E-state index contributed by atoms with van der Waals surface area (Å²) in [5.74, 6) is -0.0868. The van der Waals surface area contributed by atoms with Gasteiger partial charge < -0.3 is 9.30 Å². The number of carbonyl (C=O) groups is 1. The zero-order chi connectivity index (χ0) is 17.3. The summed E-state index contributed by atoms with van der Waals surface area (Å²) in [4.78, 5) is 31.0. The third-order valence-electron chi connectivity index (χ3n) is 3.81. The van der Waals surface area contributed by atoms with E-state index in [1.54, 1.807) is 18.3 Å². The van der Waals surface area contributed by atoms with Crippen LogP contribution in [-0.2, 0) is 28.9 Å². The fraction of sp³-hybridized carbons (Fsp3) is 0.471. The van der Waals surface area contributed by atoms with Crippen molar-refractivity contribution in [1.82, 2.24) is 9.55 Å². The number of hydrogen-bond acceptors (Lipinski definition) is 6. The molecule has 0 saturated carbocycles. The van der Waals surface area contributed by atoms with Crippen LogP contribution in [0.25, 0.3) is 10.3 Å². The lowest BCUT2D eigenvalue weighted by molar-refractivity contribution is -0.139. The quantitative estimate of drug-likeness (QED) is 0.448. The van der Waals surface area contributed by atoms with Crippen LogP contribution in [-0.4, -0.2) is 27.9 Å². The molecule has 24 heavy (non-hydrogen) atoms. The highest BCUT2D eigenvalue weighted by molar-refractivity contribution is 7.99. The van der Waals surface area contributed by atoms with E-state index in [1.165, 1.54) is 16.6 Å². The Morgan fingerprint density at radius 2 is 2.25 bits per heavy atom. The Balaban J connectivity index is 2.04. The van der Waals surface area contributed by atoms with Crippen molar-refractivity contribution in [3.8, 4) is 0 Å². The molecule has 2 aromatic heterocycles. The fourth-order valence-electron chi connectivity index (χ4n) is 2.84. The highest BCUT2D eigenvalue weighted by atomic mass is 32.2. The van der Waals surface area contributed by atoms with Gasteiger partial charge in [-0.1, -0.05) is 23.9 Å². The summed E-state index contributed by atoms with van der Waals surface area (Å²) >= 11 is 2.97. The zero-order valence-corrected chi connectivity index (χ0v) is 15.5. The van der Waals surface area contributed by atoms with Gasteiger partial charge in [-0.05, 0) is 33.1 Å². The van der Waals surface area contributed by atoms with E-state index in [0.717, 1.165) is 35.2 Å². The number of nitrogens with zero attached hydrogens (tertiary/aromatic N) is 2. The van der Waals surface area contributed by atoms with Gasteiger partial charge in [-0.3, -0.25) is 9.59 Å². The molecule has 1 aliphatic rings. The number of thioether (sulfide) groups is 1. The molecule has 2 aromatic rings. The molecule has 0 bridgehead atoms. The average molecular weight is 364 g/mol. The molecule has 0 saturated heterocycles. The summed E-state index contributed by atoms with van der Waals surface area (Å²) in [6, 6.07) is 0. The Labute approximate surface area is 148 Å². The number of hydrogen-bond donors (Lipinski definition) is 0. The van der Waals surface area contributed by atoms with Crippen LogP contribution < -0.4 is 5.43 Å². The van der Waals surface area contributed by atoms with Crippen LogP contribution >= 0.6 is 23.1 Å². The molecule has 0 N–H and O–H groups in total. The molecule has 0 amide bonds. The Kier molecular flexibility index (Phi) is 5.10. The maximum absolute atomic E-state index is 12.7. The standard InChI is InChI=1S/C17H20N2O3S2/c1-4-22-13(20)9-23-17-18-14-15(21)11-6-5-7-12(11)24-16(14)19(17)8-10(2)3/h2,4-9H2,1,3H3. The van der Waals surface area contributed by atoms with Crippen LogP contribution in [0.4, 0.5) is 0 Å². The lowest BCUT2D eigenvalue weighted by Gasteiger charge is -2.08. The zero-order valence-electron chi connectivity index (χ0n) is 13.9. The van der Waals surface area contributed by atoms with Gasteiger partial charge in [0.05, 0.1) is 12.4 Å². The first kappa shape index (κ1) is 17.2. The van der Waals surface area contributed by atoms with E-state index < -0.39 is 0 Å². The molecule has 0 radical (unpaired) electrons. The minimum atomic E-state index is -0.273. The van der Waals surface area contributed by atoms with Crippen LogP contribution in [0.15, 0.2) is 22.1 Å². The third kappa shape index (κ3) is 3.28. The smallest absolute Gasteiger partial charge is 0.316 e. The molecular weight excluding hydrogens is 344 g/mol. The second-order valence-electron chi connectivity index (χ2n) is 5.87. The number of fused-ring (bicyclic) bond motifs is 2. The molecule has 5 nitrogen and oxygen atoms in total. The molecule has 3 rings (SSSR count). The molecule has 0 aliphatic heterocycles. The second kappa shape index (κ2) is 7.11. The number of aromatic nitrogens is 2. The van der Waals surface area contributed by atoms with Crippen LogP contribution in [0, 0.1) is 0 Å². The Morgan fingerprint density at radius 3 is 2.96 bits per heavy atom. The summed E-state index contributed by atoms with van der Waals surface area (Å²) in [6.45, 7) is 8.66. The van der Waals surface area contributed by atoms with Crippen molar-refractivity contribution in [3.63, 3.8) is 0 Å². The summed E-state index contributed by atoms with van der Waals surface area (Å²) in [5.41, 5.74) is 2.48. The normalized spacial score (nSPS) is 13.2. The first-order valence-electron chi connectivity index (χ1n) is 7.99. The van der Waals surface area contributed by atoms with Gasteiger partial charge in [0.2, 0.25) is 5.43 Å². The first-order valence-corrected chi connectivity index (χ1v) is 9.79. The Bertz CT molecular complexity index is 867. The van der Waals surface area contributed by atoms with Crippen LogP contribution in [0.2, 0.25) is 0 Å². The third-order valence-corrected chi connectivity index (χ3v) is 6.07. The maximum atomic E-state index is 12.7. The van der Waals surface area contributed by atoms with Crippen LogP contribution in [0.5, 0.6) is 0 Å². The van der Waals surface area contributed by atoms with Crippen LogP contribution in [0.3, 0.4) is 0 Å². The van der Waals surface area contributed by atoms with E-state index >= 15 is 0 Å². The van der Waals surface area contributed by atoms with Gasteiger partial charge >= 0.3 is 5.97 Å². The van der Waals surface area contributed by atoms with E-state index in [1.807, 2.05) is 11.5 Å². The molecule has 7 heteroatoms. The summed E-state index contributed by atoms with van der Waals surface area (Å²) < 4.78 is 6.98. The topological polar surface area (TPSA) is 61.2 Å². The van der Waals surface area contributed by atoms with Gasteiger partial charge in [-0.15, -0.1) is 11.3 Å². The molecule has 0 unspecified atom stereocenters. The van der Waals surface area contributed by atoms with E-state index in [9.17, 15) is 9.59 Å². The summed E-state index contributed by atoms with van der Waals surface area (Å²) in [6.07, 6.45) is 2.85. The predicted molar refractivity (Wildman–Crippen MR) is 98.1 cm³/mol. The monoisotopic (exact) mass is 364 g/mol. The Morgan fingerprint density at radius 1 is 1.46 bits per heavy atom. The van der Waals surface area contributed by atoms with Gasteiger partial charge in [-0.2, -0.15) is 0 Å². The number of imidazole rings is 1. The molecule has 2 heterocycles. The van der Waals surface area contributed by atoms with Gasteiger partial charge in [0.1, 0.15) is 10.3 Å². The number of esters is 1. The minimum absolute atomic E-state index is 0.0506. The lowest BCUT2D eigenvalue weighted by Crippen LogP contribution is -2.08.